The van der Waals surface area contributed by atoms with Gasteiger partial charge in [0, 0.05) is 17.3 Å². The number of carbonyl (C=O) groups excluding carboxylic acids is 2. The second-order valence-electron chi connectivity index (χ2n) is 8.82. The van der Waals surface area contributed by atoms with Gasteiger partial charge in [0.2, 0.25) is 5.91 Å². The molecule has 1 aromatic heterocycles. The van der Waals surface area contributed by atoms with Gasteiger partial charge in [0.1, 0.15) is 5.75 Å². The molecule has 13 heteroatoms. The standard InChI is InChI=1S/C25H26ClN5O7/c1-3-19(13-4-6-17(23(33)34)18(27)10-13)28-24(35)31-12-21-29-38-25(36)30(21)11-15(22(31)32)8-14-9-16(26)5-7-20(14)37-2/h4-7,9-10,15,19H,3,8,11-12,27H2,1-2H3,(H,28,35)(H,33,34). The Hall–Kier alpha value is -4.32. The van der Waals surface area contributed by atoms with E-state index in [0.29, 0.717) is 28.3 Å². The number of urea groups is 1. The van der Waals surface area contributed by atoms with Gasteiger partial charge >= 0.3 is 17.8 Å². The Bertz CT molecular complexity index is 1450. The van der Waals surface area contributed by atoms with E-state index in [1.807, 2.05) is 6.92 Å². The number of imide groups is 1. The van der Waals surface area contributed by atoms with Crippen LogP contribution in [0.1, 0.15) is 46.7 Å². The first-order chi connectivity index (χ1) is 18.1. The van der Waals surface area contributed by atoms with Crippen LogP contribution in [-0.2, 0) is 24.3 Å². The molecular weight excluding hydrogens is 518 g/mol. The molecule has 3 amide bonds. The molecule has 1 aliphatic heterocycles. The number of fused-ring (bicyclic) bond motifs is 1. The molecule has 1 aliphatic rings. The minimum Gasteiger partial charge on any atom is -0.496 e. The number of methoxy groups -OCH3 is 1. The number of nitrogen functional groups attached to an aromatic ring is 1. The summed E-state index contributed by atoms with van der Waals surface area (Å²) in [5.74, 6) is -2.63. The molecule has 4 N–H and O–H groups in total. The van der Waals surface area contributed by atoms with Gasteiger partial charge in [-0.05, 0) is 54.3 Å². The summed E-state index contributed by atoms with van der Waals surface area (Å²) < 4.78 is 11.4. The minimum absolute atomic E-state index is 0.0516. The Balaban J connectivity index is 1.64. The molecule has 2 heterocycles. The van der Waals surface area contributed by atoms with Crippen LogP contribution in [0.3, 0.4) is 0 Å². The molecular formula is C25H26ClN5O7. The Morgan fingerprint density at radius 2 is 2.05 bits per heavy atom. The van der Waals surface area contributed by atoms with Crippen LogP contribution in [0.4, 0.5) is 10.5 Å². The van der Waals surface area contributed by atoms with E-state index in [2.05, 4.69) is 10.5 Å². The summed E-state index contributed by atoms with van der Waals surface area (Å²) in [4.78, 5) is 51.7. The number of nitrogens with one attached hydrogen (secondary N) is 1. The van der Waals surface area contributed by atoms with E-state index in [4.69, 9.17) is 26.6 Å². The Morgan fingerprint density at radius 3 is 2.71 bits per heavy atom. The number of hydrogen-bond donors (Lipinski definition) is 3. The van der Waals surface area contributed by atoms with Gasteiger partial charge in [0.05, 0.1) is 31.2 Å². The maximum atomic E-state index is 13.7. The summed E-state index contributed by atoms with van der Waals surface area (Å²) in [6.45, 7) is 1.48. The SMILES string of the molecule is CCC(NC(=O)N1Cc2noc(=O)n2CC(Cc2cc(Cl)ccc2OC)C1=O)c1ccc(C(=O)O)c(N)c1. The number of aromatic nitrogens is 2. The van der Waals surface area contributed by atoms with Crippen LogP contribution in [0.15, 0.2) is 45.7 Å². The minimum atomic E-state index is -1.16. The number of rotatable bonds is 7. The molecule has 200 valence electrons. The van der Waals surface area contributed by atoms with Gasteiger partial charge in [-0.1, -0.05) is 29.7 Å². The molecule has 2 atom stereocenters. The van der Waals surface area contributed by atoms with Gasteiger partial charge in [-0.25, -0.2) is 14.4 Å². The Morgan fingerprint density at radius 1 is 1.29 bits per heavy atom. The van der Waals surface area contributed by atoms with Crippen molar-refractivity contribution in [3.05, 3.63) is 74.5 Å². The summed E-state index contributed by atoms with van der Waals surface area (Å²) >= 11 is 6.16. The second kappa shape index (κ2) is 11.0. The molecule has 2 unspecified atom stereocenters. The molecule has 12 nitrogen and oxygen atoms in total. The lowest BCUT2D eigenvalue weighted by atomic mass is 9.97. The van der Waals surface area contributed by atoms with E-state index in [9.17, 15) is 24.3 Å². The largest absolute Gasteiger partial charge is 0.496 e. The van der Waals surface area contributed by atoms with Crippen molar-refractivity contribution in [1.29, 1.82) is 0 Å². The molecule has 0 radical (unpaired) electrons. The maximum Gasteiger partial charge on any atom is 0.441 e. The van der Waals surface area contributed by atoms with E-state index < -0.39 is 35.6 Å². The lowest BCUT2D eigenvalue weighted by Crippen LogP contribution is -2.46. The van der Waals surface area contributed by atoms with Gasteiger partial charge in [-0.2, -0.15) is 0 Å². The number of nitrogens with two attached hydrogens (primary N) is 1. The monoisotopic (exact) mass is 543 g/mol. The average Bonchev–Trinajstić information content (AvgIpc) is 3.15. The number of carbonyl (C=O) groups is 3. The Kier molecular flexibility index (Phi) is 7.72. The van der Waals surface area contributed by atoms with Crippen LogP contribution in [-0.4, -0.2) is 44.7 Å². The number of amides is 3. The first kappa shape index (κ1) is 26.7. The fourth-order valence-corrected chi connectivity index (χ4v) is 4.66. The van der Waals surface area contributed by atoms with E-state index in [0.717, 1.165) is 4.90 Å². The van der Waals surface area contributed by atoms with Gasteiger partial charge < -0.3 is 20.9 Å². The van der Waals surface area contributed by atoms with Crippen LogP contribution in [0.5, 0.6) is 5.75 Å². The molecule has 38 heavy (non-hydrogen) atoms. The molecule has 0 aliphatic carbocycles. The fraction of sp³-hybridized carbons (Fsp3) is 0.320. The summed E-state index contributed by atoms with van der Waals surface area (Å²) in [6.07, 6.45) is 0.561. The predicted octanol–water partition coefficient (Wildman–Crippen LogP) is 2.84. The highest BCUT2D eigenvalue weighted by atomic mass is 35.5. The molecule has 0 bridgehead atoms. The van der Waals surface area contributed by atoms with Crippen molar-refractivity contribution in [1.82, 2.24) is 19.9 Å². The third kappa shape index (κ3) is 5.35. The average molecular weight is 544 g/mol. The highest BCUT2D eigenvalue weighted by Gasteiger charge is 2.36. The number of ether oxygens (including phenoxy) is 1. The van der Waals surface area contributed by atoms with Crippen LogP contribution >= 0.6 is 11.6 Å². The lowest BCUT2D eigenvalue weighted by Gasteiger charge is -2.26. The van der Waals surface area contributed by atoms with Crippen molar-refractivity contribution in [2.45, 2.75) is 38.9 Å². The quantitative estimate of drug-likeness (QED) is 0.379. The first-order valence-corrected chi connectivity index (χ1v) is 12.1. The number of aromatic carboxylic acids is 1. The molecule has 0 saturated heterocycles. The van der Waals surface area contributed by atoms with Crippen LogP contribution < -0.4 is 21.5 Å². The maximum absolute atomic E-state index is 13.7. The molecule has 2 aromatic carbocycles. The smallest absolute Gasteiger partial charge is 0.441 e. The van der Waals surface area contributed by atoms with Crippen molar-refractivity contribution in [2.75, 3.05) is 12.8 Å². The number of nitrogens with zero attached hydrogens (tertiary/aromatic N) is 3. The number of benzene rings is 2. The zero-order valence-corrected chi connectivity index (χ0v) is 21.4. The van der Waals surface area contributed by atoms with Gasteiger partial charge in [-0.15, -0.1) is 0 Å². The summed E-state index contributed by atoms with van der Waals surface area (Å²) in [6, 6.07) is 8.10. The number of anilines is 1. The topological polar surface area (TPSA) is 170 Å². The molecule has 0 spiro atoms. The van der Waals surface area contributed by atoms with Crippen LogP contribution in [0.25, 0.3) is 0 Å². The van der Waals surface area contributed by atoms with E-state index >= 15 is 0 Å². The number of hydrogen-bond acceptors (Lipinski definition) is 8. The summed E-state index contributed by atoms with van der Waals surface area (Å²) in [5.41, 5.74) is 7.09. The summed E-state index contributed by atoms with van der Waals surface area (Å²) in [7, 11) is 1.49. The number of halogens is 1. The molecule has 4 rings (SSSR count). The van der Waals surface area contributed by atoms with E-state index in [1.165, 1.54) is 23.8 Å². The van der Waals surface area contributed by atoms with E-state index in [-0.39, 0.29) is 36.6 Å². The zero-order valence-electron chi connectivity index (χ0n) is 20.6. The predicted molar refractivity (Wildman–Crippen MR) is 136 cm³/mol. The van der Waals surface area contributed by atoms with Crippen molar-refractivity contribution < 1.29 is 28.8 Å². The van der Waals surface area contributed by atoms with Crippen molar-refractivity contribution in [3.63, 3.8) is 0 Å². The normalized spacial score (nSPS) is 15.9. The van der Waals surface area contributed by atoms with Crippen LogP contribution in [0, 0.1) is 5.92 Å². The fourth-order valence-electron chi connectivity index (χ4n) is 4.46. The van der Waals surface area contributed by atoms with E-state index in [1.54, 1.807) is 24.3 Å². The van der Waals surface area contributed by atoms with Gasteiger partial charge in [0.25, 0.3) is 0 Å². The van der Waals surface area contributed by atoms with Crippen molar-refractivity contribution >= 4 is 35.2 Å². The third-order valence-electron chi connectivity index (χ3n) is 6.45. The van der Waals surface area contributed by atoms with Crippen molar-refractivity contribution in [3.8, 4) is 5.75 Å². The third-order valence-corrected chi connectivity index (χ3v) is 6.68. The molecule has 0 saturated carbocycles. The van der Waals surface area contributed by atoms with Crippen LogP contribution in [0.2, 0.25) is 5.02 Å². The number of carboxylic acids is 1. The first-order valence-electron chi connectivity index (χ1n) is 11.7. The Labute approximate surface area is 221 Å². The second-order valence-corrected chi connectivity index (χ2v) is 9.26. The highest BCUT2D eigenvalue weighted by molar-refractivity contribution is 6.30. The highest BCUT2D eigenvalue weighted by Crippen LogP contribution is 2.28. The zero-order chi connectivity index (χ0) is 27.6. The molecule has 0 fully saturated rings. The van der Waals surface area contributed by atoms with Crippen molar-refractivity contribution in [2.24, 2.45) is 5.92 Å². The van der Waals surface area contributed by atoms with Gasteiger partial charge in [0.15, 0.2) is 5.82 Å². The summed E-state index contributed by atoms with van der Waals surface area (Å²) in [5, 5.41) is 16.2. The number of carboxylic acid groups (broad SMARTS) is 1. The lowest BCUT2D eigenvalue weighted by molar-refractivity contribution is -0.132. The molecule has 3 aromatic rings. The van der Waals surface area contributed by atoms with Gasteiger partial charge in [-0.3, -0.25) is 18.8 Å².